The van der Waals surface area contributed by atoms with Crippen LogP contribution in [0.25, 0.3) is 0 Å². The van der Waals surface area contributed by atoms with Crippen molar-refractivity contribution in [3.63, 3.8) is 0 Å². The Morgan fingerprint density at radius 2 is 1.86 bits per heavy atom. The molecule has 0 aliphatic heterocycles. The topological polar surface area (TPSA) is 111 Å². The quantitative estimate of drug-likeness (QED) is 0.499. The first-order valence-electron chi connectivity index (χ1n) is 8.50. The van der Waals surface area contributed by atoms with E-state index in [1.165, 1.54) is 0 Å². The van der Waals surface area contributed by atoms with E-state index in [2.05, 4.69) is 14.5 Å². The van der Waals surface area contributed by atoms with Crippen LogP contribution >= 0.6 is 11.6 Å². The number of esters is 1. The van der Waals surface area contributed by atoms with Gasteiger partial charge in [0.05, 0.1) is 12.9 Å². The SMILES string of the molecule is COC(=O)[C@H](CC=NS(=O)(=O)CCc1ccc(Cl)cc1)NC(=O)OC(C)(C)C. The molecule has 1 rings (SSSR count). The van der Waals surface area contributed by atoms with Crippen molar-refractivity contribution < 1.29 is 27.5 Å². The first kappa shape index (κ1) is 23.9. The molecule has 0 spiro atoms. The van der Waals surface area contributed by atoms with Crippen molar-refractivity contribution in [2.24, 2.45) is 4.40 Å². The normalized spacial score (nSPS) is 13.2. The summed E-state index contributed by atoms with van der Waals surface area (Å²) in [4.78, 5) is 23.6. The fourth-order valence-electron chi connectivity index (χ4n) is 2.02. The highest BCUT2D eigenvalue weighted by Crippen LogP contribution is 2.11. The molecule has 0 aliphatic carbocycles. The fraction of sp³-hybridized carbons (Fsp3) is 0.500. The Morgan fingerprint density at radius 1 is 1.25 bits per heavy atom. The lowest BCUT2D eigenvalue weighted by Crippen LogP contribution is -2.44. The molecule has 1 aromatic rings. The van der Waals surface area contributed by atoms with Gasteiger partial charge in [0.2, 0.25) is 0 Å². The Balaban J connectivity index is 2.65. The highest BCUT2D eigenvalue weighted by molar-refractivity contribution is 7.90. The van der Waals surface area contributed by atoms with E-state index in [1.54, 1.807) is 45.0 Å². The van der Waals surface area contributed by atoms with Crippen LogP contribution in [0.5, 0.6) is 0 Å². The molecule has 1 N–H and O–H groups in total. The monoisotopic (exact) mass is 432 g/mol. The smallest absolute Gasteiger partial charge is 0.408 e. The number of aryl methyl sites for hydroxylation is 1. The van der Waals surface area contributed by atoms with Crippen molar-refractivity contribution in [3.05, 3.63) is 34.9 Å². The minimum absolute atomic E-state index is 0.161. The predicted octanol–water partition coefficient (Wildman–Crippen LogP) is 2.74. The molecule has 10 heteroatoms. The Morgan fingerprint density at radius 3 is 2.39 bits per heavy atom. The van der Waals surface area contributed by atoms with E-state index in [1.807, 2.05) is 0 Å². The van der Waals surface area contributed by atoms with Gasteiger partial charge in [-0.3, -0.25) is 0 Å². The van der Waals surface area contributed by atoms with Crippen LogP contribution in [0.3, 0.4) is 0 Å². The number of hydrogen-bond acceptors (Lipinski definition) is 6. The van der Waals surface area contributed by atoms with Crippen LogP contribution in [0.15, 0.2) is 28.7 Å². The summed E-state index contributed by atoms with van der Waals surface area (Å²) in [5, 5.41) is 2.91. The van der Waals surface area contributed by atoms with Crippen LogP contribution in [0, 0.1) is 0 Å². The number of carbonyl (C=O) groups excluding carboxylic acids is 2. The fourth-order valence-corrected chi connectivity index (χ4v) is 3.06. The summed E-state index contributed by atoms with van der Waals surface area (Å²) in [6.07, 6.45) is 0.359. The molecule has 0 radical (unpaired) electrons. The lowest BCUT2D eigenvalue weighted by molar-refractivity contribution is -0.142. The molecular weight excluding hydrogens is 408 g/mol. The second kappa shape index (κ2) is 10.4. The zero-order valence-electron chi connectivity index (χ0n) is 16.3. The van der Waals surface area contributed by atoms with Gasteiger partial charge >= 0.3 is 12.1 Å². The number of methoxy groups -OCH3 is 1. The molecule has 1 amide bonds. The maximum atomic E-state index is 12.0. The van der Waals surface area contributed by atoms with Crippen LogP contribution in [0.1, 0.15) is 32.8 Å². The first-order valence-corrected chi connectivity index (χ1v) is 10.5. The largest absolute Gasteiger partial charge is 0.467 e. The standard InChI is InChI=1S/C18H25ClN2O6S/c1-18(2,3)27-17(23)21-15(16(22)26-4)9-11-20-28(24,25)12-10-13-5-7-14(19)8-6-13/h5-8,11,15H,9-10,12H2,1-4H3,(H,21,23)/t15-/m0/s1. The summed E-state index contributed by atoms with van der Waals surface area (Å²) >= 11 is 5.79. The molecule has 8 nitrogen and oxygen atoms in total. The molecule has 0 heterocycles. The predicted molar refractivity (Wildman–Crippen MR) is 107 cm³/mol. The van der Waals surface area contributed by atoms with E-state index >= 15 is 0 Å². The van der Waals surface area contributed by atoms with Gasteiger partial charge in [-0.1, -0.05) is 23.7 Å². The average molecular weight is 433 g/mol. The number of amides is 1. The summed E-state index contributed by atoms with van der Waals surface area (Å²) in [7, 11) is -2.58. The molecule has 0 saturated carbocycles. The van der Waals surface area contributed by atoms with Crippen molar-refractivity contribution in [1.29, 1.82) is 0 Å². The second-order valence-electron chi connectivity index (χ2n) is 6.91. The molecule has 0 fully saturated rings. The van der Waals surface area contributed by atoms with Gasteiger partial charge in [0.1, 0.15) is 11.6 Å². The Bertz CT molecular complexity index is 800. The first-order chi connectivity index (χ1) is 12.9. The lowest BCUT2D eigenvalue weighted by atomic mass is 10.2. The summed E-state index contributed by atoms with van der Waals surface area (Å²) in [6.45, 7) is 5.03. The summed E-state index contributed by atoms with van der Waals surface area (Å²) in [5.41, 5.74) is 0.0614. The van der Waals surface area contributed by atoms with Gasteiger partial charge in [-0.2, -0.15) is 4.40 Å². The average Bonchev–Trinajstić information content (AvgIpc) is 2.58. The molecule has 0 saturated heterocycles. The third-order valence-electron chi connectivity index (χ3n) is 3.31. The van der Waals surface area contributed by atoms with Gasteiger partial charge in [-0.15, -0.1) is 0 Å². The second-order valence-corrected chi connectivity index (χ2v) is 9.13. The molecule has 1 atom stereocenters. The molecule has 0 aromatic heterocycles. The lowest BCUT2D eigenvalue weighted by Gasteiger charge is -2.22. The van der Waals surface area contributed by atoms with Crippen LogP contribution in [0.4, 0.5) is 4.79 Å². The van der Waals surface area contributed by atoms with Gasteiger partial charge in [0, 0.05) is 17.7 Å². The van der Waals surface area contributed by atoms with E-state index < -0.39 is 33.7 Å². The maximum absolute atomic E-state index is 12.0. The Kier molecular flexibility index (Phi) is 8.90. The number of benzene rings is 1. The van der Waals surface area contributed by atoms with E-state index in [9.17, 15) is 18.0 Å². The minimum Gasteiger partial charge on any atom is -0.467 e. The van der Waals surface area contributed by atoms with Gasteiger partial charge in [0.25, 0.3) is 10.0 Å². The maximum Gasteiger partial charge on any atom is 0.408 e. The highest BCUT2D eigenvalue weighted by Gasteiger charge is 2.24. The number of ether oxygens (including phenoxy) is 2. The Labute approximate surface area is 170 Å². The Hall–Kier alpha value is -2.13. The molecule has 1 aromatic carbocycles. The van der Waals surface area contributed by atoms with Crippen molar-refractivity contribution in [2.45, 2.75) is 45.3 Å². The van der Waals surface area contributed by atoms with Crippen molar-refractivity contribution in [2.75, 3.05) is 12.9 Å². The van der Waals surface area contributed by atoms with E-state index in [0.717, 1.165) is 18.9 Å². The number of carbonyl (C=O) groups is 2. The summed E-state index contributed by atoms with van der Waals surface area (Å²) in [5.74, 6) is -0.941. The van der Waals surface area contributed by atoms with E-state index in [4.69, 9.17) is 16.3 Å². The molecule has 0 bridgehead atoms. The number of rotatable bonds is 8. The highest BCUT2D eigenvalue weighted by atomic mass is 35.5. The zero-order valence-corrected chi connectivity index (χ0v) is 17.8. The molecular formula is C18H25ClN2O6S. The van der Waals surface area contributed by atoms with E-state index in [0.29, 0.717) is 5.02 Å². The van der Waals surface area contributed by atoms with Crippen LogP contribution in [0.2, 0.25) is 5.02 Å². The third kappa shape index (κ3) is 9.70. The summed E-state index contributed by atoms with van der Waals surface area (Å²) < 4.78 is 37.3. The van der Waals surface area contributed by atoms with Crippen molar-refractivity contribution >= 4 is 39.9 Å². The van der Waals surface area contributed by atoms with Gasteiger partial charge in [-0.25, -0.2) is 18.0 Å². The number of nitrogens with one attached hydrogen (secondary N) is 1. The van der Waals surface area contributed by atoms with Crippen LogP contribution < -0.4 is 5.32 Å². The van der Waals surface area contributed by atoms with Crippen molar-refractivity contribution in [3.8, 4) is 0 Å². The van der Waals surface area contributed by atoms with Crippen LogP contribution in [-0.4, -0.2) is 51.2 Å². The summed E-state index contributed by atoms with van der Waals surface area (Å²) in [6, 6.07) is 5.71. The van der Waals surface area contributed by atoms with Crippen molar-refractivity contribution in [1.82, 2.24) is 5.32 Å². The molecule has 0 unspecified atom stereocenters. The number of nitrogens with zero attached hydrogens (tertiary/aromatic N) is 1. The van der Waals surface area contributed by atoms with Gasteiger partial charge < -0.3 is 14.8 Å². The van der Waals surface area contributed by atoms with Crippen LogP contribution in [-0.2, 0) is 30.7 Å². The number of hydrogen-bond donors (Lipinski definition) is 1. The molecule has 0 aliphatic rings. The number of halogens is 1. The molecule has 156 valence electrons. The van der Waals surface area contributed by atoms with Gasteiger partial charge in [0.15, 0.2) is 0 Å². The third-order valence-corrected chi connectivity index (χ3v) is 4.76. The van der Waals surface area contributed by atoms with Gasteiger partial charge in [-0.05, 0) is 44.9 Å². The number of alkyl carbamates (subject to hydrolysis) is 1. The zero-order chi connectivity index (χ0) is 21.4. The van der Waals surface area contributed by atoms with E-state index in [-0.39, 0.29) is 18.6 Å². The minimum atomic E-state index is -3.73. The number of sulfonamides is 1. The molecule has 28 heavy (non-hydrogen) atoms.